The molecule has 0 radical (unpaired) electrons. The summed E-state index contributed by atoms with van der Waals surface area (Å²) in [5.74, 6) is -4.86. The summed E-state index contributed by atoms with van der Waals surface area (Å²) >= 11 is 0. The van der Waals surface area contributed by atoms with Crippen molar-refractivity contribution in [1.82, 2.24) is 0 Å². The summed E-state index contributed by atoms with van der Waals surface area (Å²) in [6, 6.07) is 17.2. The molecule has 2 aromatic carbocycles. The second-order valence-electron chi connectivity index (χ2n) is 4.22. The van der Waals surface area contributed by atoms with Crippen LogP contribution in [0.25, 0.3) is 11.1 Å². The first-order chi connectivity index (χ1) is 10.2. The van der Waals surface area contributed by atoms with Crippen molar-refractivity contribution in [3.63, 3.8) is 0 Å². The van der Waals surface area contributed by atoms with E-state index in [-0.39, 0.29) is 0 Å². The molecule has 0 saturated carbocycles. The van der Waals surface area contributed by atoms with Crippen molar-refractivity contribution in [2.75, 3.05) is 6.67 Å². The monoisotopic (exact) mass is 322 g/mol. The Morgan fingerprint density at radius 3 is 1.68 bits per heavy atom. The Labute approximate surface area is 122 Å². The van der Waals surface area contributed by atoms with Gasteiger partial charge in [0.25, 0.3) is 0 Å². The lowest BCUT2D eigenvalue weighted by Crippen LogP contribution is -2.38. The predicted molar refractivity (Wildman–Crippen MR) is 70.5 cm³/mol. The highest BCUT2D eigenvalue weighted by Gasteiger charge is 2.57. The second-order valence-corrected chi connectivity index (χ2v) is 4.22. The van der Waals surface area contributed by atoms with Crippen LogP contribution >= 0.6 is 0 Å². The van der Waals surface area contributed by atoms with Crippen molar-refractivity contribution in [1.29, 1.82) is 0 Å². The van der Waals surface area contributed by atoms with Gasteiger partial charge in [-0.25, -0.2) is 4.39 Å². The third kappa shape index (κ3) is 4.68. The first kappa shape index (κ1) is 17.9. The van der Waals surface area contributed by atoms with Gasteiger partial charge in [0.15, 0.2) is 6.67 Å². The first-order valence-electron chi connectivity index (χ1n) is 6.03. The van der Waals surface area contributed by atoms with E-state index in [2.05, 4.69) is 0 Å². The molecule has 7 heteroatoms. The Balaban J connectivity index is 0.000000239. The van der Waals surface area contributed by atoms with Crippen molar-refractivity contribution in [2.45, 2.75) is 12.1 Å². The fourth-order valence-corrected chi connectivity index (χ4v) is 1.41. The van der Waals surface area contributed by atoms with Crippen molar-refractivity contribution in [2.24, 2.45) is 0 Å². The molecule has 0 atom stereocenters. The quantitative estimate of drug-likeness (QED) is 0.752. The van der Waals surface area contributed by atoms with Gasteiger partial charge < -0.3 is 5.11 Å². The molecule has 0 spiro atoms. The lowest BCUT2D eigenvalue weighted by Gasteiger charge is -2.14. The van der Waals surface area contributed by atoms with E-state index < -0.39 is 18.8 Å². The zero-order valence-corrected chi connectivity index (χ0v) is 11.1. The third-order valence-electron chi connectivity index (χ3n) is 2.57. The van der Waals surface area contributed by atoms with Gasteiger partial charge in [0.05, 0.1) is 0 Å². The molecule has 0 unspecified atom stereocenters. The van der Waals surface area contributed by atoms with Gasteiger partial charge in [0.2, 0.25) is 0 Å². The van der Waals surface area contributed by atoms with Crippen LogP contribution in [0.15, 0.2) is 54.6 Å². The topological polar surface area (TPSA) is 20.2 Å². The maximum absolute atomic E-state index is 11.2. The molecule has 0 aromatic heterocycles. The molecule has 0 aliphatic carbocycles. The summed E-state index contributed by atoms with van der Waals surface area (Å²) in [4.78, 5) is 0. The number of alkyl halides is 6. The van der Waals surface area contributed by atoms with Crippen LogP contribution < -0.4 is 0 Å². The van der Waals surface area contributed by atoms with E-state index in [4.69, 9.17) is 0 Å². The first-order valence-corrected chi connectivity index (χ1v) is 6.03. The summed E-state index contributed by atoms with van der Waals surface area (Å²) in [6.07, 6.45) is -5.76. The highest BCUT2D eigenvalue weighted by Crippen LogP contribution is 2.35. The highest BCUT2D eigenvalue weighted by atomic mass is 19.4. The van der Waals surface area contributed by atoms with Gasteiger partial charge in [-0.05, 0) is 11.6 Å². The maximum Gasteiger partial charge on any atom is 0.456 e. The van der Waals surface area contributed by atoms with Crippen LogP contribution in [0.5, 0.6) is 5.75 Å². The molecule has 2 aromatic rings. The average Bonchev–Trinajstić information content (AvgIpc) is 2.48. The summed E-state index contributed by atoms with van der Waals surface area (Å²) in [7, 11) is 0. The van der Waals surface area contributed by atoms with Crippen LogP contribution in [0.4, 0.5) is 26.3 Å². The molecule has 1 N–H and O–H groups in total. The molecule has 0 aliphatic heterocycles. The minimum absolute atomic E-state index is 0.328. The summed E-state index contributed by atoms with van der Waals surface area (Å²) < 4.78 is 65.6. The number of rotatable bonds is 2. The van der Waals surface area contributed by atoms with E-state index >= 15 is 0 Å². The van der Waals surface area contributed by atoms with Gasteiger partial charge in [-0.3, -0.25) is 0 Å². The number of benzene rings is 2. The van der Waals surface area contributed by atoms with E-state index in [1.807, 2.05) is 48.5 Å². The molecule has 120 valence electrons. The third-order valence-corrected chi connectivity index (χ3v) is 2.57. The number of phenols is 1. The lowest BCUT2D eigenvalue weighted by molar-refractivity contribution is -0.286. The van der Waals surface area contributed by atoms with Crippen LogP contribution in [-0.4, -0.2) is 23.9 Å². The van der Waals surface area contributed by atoms with Gasteiger partial charge in [-0.1, -0.05) is 48.5 Å². The Hall–Kier alpha value is -2.18. The second kappa shape index (κ2) is 7.20. The van der Waals surface area contributed by atoms with Gasteiger partial charge in [0, 0.05) is 5.56 Å². The SMILES string of the molecule is FCC(F)(F)C(F)(F)F.Oc1ccccc1-c1ccccc1. The minimum atomic E-state index is -5.76. The number of para-hydroxylation sites is 1. The Morgan fingerprint density at radius 2 is 1.27 bits per heavy atom. The molecular formula is C15H12F6O. The minimum Gasteiger partial charge on any atom is -0.507 e. The zero-order chi connectivity index (χ0) is 16.8. The Morgan fingerprint density at radius 1 is 0.773 bits per heavy atom. The molecule has 0 fully saturated rings. The van der Waals surface area contributed by atoms with E-state index in [1.165, 1.54) is 0 Å². The van der Waals surface area contributed by atoms with Gasteiger partial charge in [-0.15, -0.1) is 0 Å². The van der Waals surface area contributed by atoms with Crippen LogP contribution in [0.2, 0.25) is 0 Å². The smallest absolute Gasteiger partial charge is 0.456 e. The van der Waals surface area contributed by atoms with Crippen LogP contribution in [-0.2, 0) is 0 Å². The molecule has 22 heavy (non-hydrogen) atoms. The molecule has 1 nitrogen and oxygen atoms in total. The van der Waals surface area contributed by atoms with E-state index in [9.17, 15) is 31.4 Å². The van der Waals surface area contributed by atoms with Gasteiger partial charge in [-0.2, -0.15) is 22.0 Å². The molecule has 0 aliphatic rings. The van der Waals surface area contributed by atoms with Crippen molar-refractivity contribution < 1.29 is 31.4 Å². The molecular weight excluding hydrogens is 310 g/mol. The number of hydrogen-bond donors (Lipinski definition) is 1. The maximum atomic E-state index is 11.2. The Bertz CT molecular complexity index is 580. The molecule has 0 saturated heterocycles. The van der Waals surface area contributed by atoms with E-state index in [0.29, 0.717) is 5.75 Å². The largest absolute Gasteiger partial charge is 0.507 e. The van der Waals surface area contributed by atoms with Crippen LogP contribution in [0, 0.1) is 0 Å². The van der Waals surface area contributed by atoms with Crippen molar-refractivity contribution in [3.8, 4) is 16.9 Å². The molecule has 0 heterocycles. The van der Waals surface area contributed by atoms with Gasteiger partial charge in [0.1, 0.15) is 5.75 Å². The molecule has 0 bridgehead atoms. The van der Waals surface area contributed by atoms with Gasteiger partial charge >= 0.3 is 12.1 Å². The average molecular weight is 322 g/mol. The normalized spacial score (nSPS) is 11.5. The van der Waals surface area contributed by atoms with E-state index in [0.717, 1.165) is 11.1 Å². The Kier molecular flexibility index (Phi) is 5.84. The number of aromatic hydroxyl groups is 1. The van der Waals surface area contributed by atoms with Crippen molar-refractivity contribution in [3.05, 3.63) is 54.6 Å². The standard InChI is InChI=1S/C12H10O.C3H2F6/c13-12-9-5-4-8-11(12)10-6-2-1-3-7-10;4-1-2(5,6)3(7,8)9/h1-9,13H;1H2. The number of halogens is 6. The van der Waals surface area contributed by atoms with Crippen molar-refractivity contribution >= 4 is 0 Å². The predicted octanol–water partition coefficient (Wildman–Crippen LogP) is 5.21. The lowest BCUT2D eigenvalue weighted by atomic mass is 10.1. The summed E-state index contributed by atoms with van der Waals surface area (Å²) in [6.45, 7) is -2.70. The van der Waals surface area contributed by atoms with Crippen LogP contribution in [0.3, 0.4) is 0 Å². The number of phenolic OH excluding ortho intramolecular Hbond substituents is 1. The number of hydrogen-bond acceptors (Lipinski definition) is 1. The summed E-state index contributed by atoms with van der Waals surface area (Å²) in [5.41, 5.74) is 1.92. The zero-order valence-electron chi connectivity index (χ0n) is 11.1. The fraction of sp³-hybridized carbons (Fsp3) is 0.200. The summed E-state index contributed by atoms with van der Waals surface area (Å²) in [5, 5.41) is 9.56. The molecule has 2 rings (SSSR count). The van der Waals surface area contributed by atoms with E-state index in [1.54, 1.807) is 6.07 Å². The highest BCUT2D eigenvalue weighted by molar-refractivity contribution is 5.69. The fourth-order valence-electron chi connectivity index (χ4n) is 1.41. The molecule has 0 amide bonds. The van der Waals surface area contributed by atoms with Crippen LogP contribution in [0.1, 0.15) is 0 Å².